The molecule has 0 fully saturated rings. The summed E-state index contributed by atoms with van der Waals surface area (Å²) in [6.45, 7) is 6.08. The van der Waals surface area contributed by atoms with Gasteiger partial charge in [0.1, 0.15) is 5.52 Å². The van der Waals surface area contributed by atoms with E-state index in [1.54, 1.807) is 0 Å². The van der Waals surface area contributed by atoms with E-state index in [1.165, 1.54) is 16.7 Å². The summed E-state index contributed by atoms with van der Waals surface area (Å²) in [7, 11) is 0. The van der Waals surface area contributed by atoms with Gasteiger partial charge >= 0.3 is 0 Å². The number of carbonyl (C=O) groups is 1. The molecular weight excluding hydrogens is 286 g/mol. The number of ketones is 1. The number of H-pyrrole nitrogens is 1. The van der Waals surface area contributed by atoms with Crippen LogP contribution in [0.5, 0.6) is 0 Å². The van der Waals surface area contributed by atoms with Gasteiger partial charge in [-0.25, -0.2) is 0 Å². The van der Waals surface area contributed by atoms with E-state index in [9.17, 15) is 4.79 Å². The lowest BCUT2D eigenvalue weighted by Crippen LogP contribution is -2.28. The molecule has 4 rings (SSSR count). The minimum absolute atomic E-state index is 0.0938. The molecule has 1 aromatic carbocycles. The van der Waals surface area contributed by atoms with Crippen LogP contribution in [-0.4, -0.2) is 21.2 Å². The fourth-order valence-corrected chi connectivity index (χ4v) is 4.61. The van der Waals surface area contributed by atoms with E-state index < -0.39 is 0 Å². The highest BCUT2D eigenvalue weighted by atomic mass is 16.1. The number of Topliss-reactive ketones (excluding diaryl/α,β-unsaturated/α-hetero) is 1. The molecule has 4 nitrogen and oxygen atoms in total. The molecule has 0 spiro atoms. The van der Waals surface area contributed by atoms with Crippen LogP contribution < -0.4 is 0 Å². The van der Waals surface area contributed by atoms with Crippen LogP contribution in [0.2, 0.25) is 0 Å². The highest BCUT2D eigenvalue weighted by Crippen LogP contribution is 2.57. The lowest BCUT2D eigenvalue weighted by molar-refractivity contribution is -0.116. The number of hydrogen-bond donors (Lipinski definition) is 1. The van der Waals surface area contributed by atoms with Gasteiger partial charge in [0.15, 0.2) is 5.78 Å². The Morgan fingerprint density at radius 3 is 3.09 bits per heavy atom. The Hall–Kier alpha value is -2.23. The van der Waals surface area contributed by atoms with E-state index in [0.717, 1.165) is 42.3 Å². The first-order chi connectivity index (χ1) is 11.2. The Labute approximate surface area is 135 Å². The highest BCUT2D eigenvalue weighted by molar-refractivity contribution is 6.07. The summed E-state index contributed by atoms with van der Waals surface area (Å²) in [5.74, 6) is 0.291. The van der Waals surface area contributed by atoms with Crippen molar-refractivity contribution in [2.24, 2.45) is 5.41 Å². The Balaban J connectivity index is 2.02. The Morgan fingerprint density at radius 1 is 1.43 bits per heavy atom. The number of hydrogen-bond acceptors (Lipinski definition) is 3. The molecule has 0 saturated carbocycles. The van der Waals surface area contributed by atoms with Crippen molar-refractivity contribution in [3.63, 3.8) is 0 Å². The predicted octanol–water partition coefficient (Wildman–Crippen LogP) is 3.99. The van der Waals surface area contributed by atoms with Gasteiger partial charge in [-0.15, -0.1) is 11.7 Å². The quantitative estimate of drug-likeness (QED) is 0.869. The van der Waals surface area contributed by atoms with Gasteiger partial charge in [0.25, 0.3) is 0 Å². The van der Waals surface area contributed by atoms with Gasteiger partial charge in [0.05, 0.1) is 5.52 Å². The zero-order valence-electron chi connectivity index (χ0n) is 13.5. The summed E-state index contributed by atoms with van der Waals surface area (Å²) >= 11 is 0. The fourth-order valence-electron chi connectivity index (χ4n) is 4.61. The molecule has 1 atom stereocenters. The van der Waals surface area contributed by atoms with E-state index in [-0.39, 0.29) is 5.41 Å². The minimum atomic E-state index is 0.0938. The lowest BCUT2D eigenvalue weighted by Gasteiger charge is -2.36. The Bertz CT molecular complexity index is 845. The molecule has 1 heterocycles. The first-order valence-electron chi connectivity index (χ1n) is 8.41. The largest absolute Gasteiger partial charge is 0.295 e. The van der Waals surface area contributed by atoms with Crippen LogP contribution in [-0.2, 0) is 11.2 Å². The second kappa shape index (κ2) is 5.15. The van der Waals surface area contributed by atoms with Crippen LogP contribution >= 0.6 is 0 Å². The predicted molar refractivity (Wildman–Crippen MR) is 90.9 cm³/mol. The van der Waals surface area contributed by atoms with Crippen molar-refractivity contribution in [3.8, 4) is 0 Å². The zero-order chi connectivity index (χ0) is 16.0. The molecular formula is C19H21N3O. The van der Waals surface area contributed by atoms with Gasteiger partial charge in [-0.1, -0.05) is 30.7 Å². The van der Waals surface area contributed by atoms with Gasteiger partial charge in [0.2, 0.25) is 0 Å². The number of nitrogens with one attached hydrogen (secondary N) is 1. The van der Waals surface area contributed by atoms with Gasteiger partial charge in [-0.2, -0.15) is 0 Å². The number of nitrogens with zero attached hydrogens (tertiary/aromatic N) is 2. The van der Waals surface area contributed by atoms with E-state index in [0.29, 0.717) is 18.6 Å². The molecule has 1 N–H and O–H groups in total. The van der Waals surface area contributed by atoms with Crippen LogP contribution in [0.3, 0.4) is 0 Å². The Kier molecular flexibility index (Phi) is 3.22. The minimum Gasteiger partial charge on any atom is -0.295 e. The van der Waals surface area contributed by atoms with E-state index in [2.05, 4.69) is 35.0 Å². The summed E-state index contributed by atoms with van der Waals surface area (Å²) in [5.41, 5.74) is 6.75. The molecule has 0 amide bonds. The SMILES string of the molecule is C=CCC1=C2c3ccc4[nH]nnc4c3CC2(CCC)CCC1=O. The maximum Gasteiger partial charge on any atom is 0.159 e. The molecule has 118 valence electrons. The van der Waals surface area contributed by atoms with Gasteiger partial charge in [-0.3, -0.25) is 9.89 Å². The maximum atomic E-state index is 12.6. The third-order valence-electron chi connectivity index (χ3n) is 5.46. The molecule has 4 heteroatoms. The number of benzene rings is 1. The van der Waals surface area contributed by atoms with Crippen molar-refractivity contribution in [1.29, 1.82) is 0 Å². The van der Waals surface area contributed by atoms with Crippen molar-refractivity contribution < 1.29 is 4.79 Å². The molecule has 1 unspecified atom stereocenters. The normalized spacial score (nSPS) is 23.3. The average Bonchev–Trinajstić information content (AvgIpc) is 3.13. The van der Waals surface area contributed by atoms with Gasteiger partial charge < -0.3 is 0 Å². The fraction of sp³-hybridized carbons (Fsp3) is 0.421. The molecule has 23 heavy (non-hydrogen) atoms. The van der Waals surface area contributed by atoms with Crippen molar-refractivity contribution >= 4 is 22.4 Å². The summed E-state index contributed by atoms with van der Waals surface area (Å²) in [5, 5.41) is 11.2. The molecule has 1 aromatic heterocycles. The third kappa shape index (κ3) is 1.94. The average molecular weight is 307 g/mol. The number of carbonyl (C=O) groups excluding carboxylic acids is 1. The number of allylic oxidation sites excluding steroid dienone is 3. The van der Waals surface area contributed by atoms with Gasteiger partial charge in [-0.05, 0) is 48.4 Å². The molecule has 0 saturated heterocycles. The smallest absolute Gasteiger partial charge is 0.159 e. The summed E-state index contributed by atoms with van der Waals surface area (Å²) < 4.78 is 0. The molecule has 0 bridgehead atoms. The summed E-state index contributed by atoms with van der Waals surface area (Å²) in [4.78, 5) is 12.6. The summed E-state index contributed by atoms with van der Waals surface area (Å²) in [6, 6.07) is 4.18. The van der Waals surface area contributed by atoms with Crippen molar-refractivity contribution in [1.82, 2.24) is 15.4 Å². The lowest BCUT2D eigenvalue weighted by atomic mass is 9.67. The van der Waals surface area contributed by atoms with Crippen molar-refractivity contribution in [2.45, 2.75) is 45.4 Å². The summed E-state index contributed by atoms with van der Waals surface area (Å²) in [6.07, 6.45) is 7.33. The van der Waals surface area contributed by atoms with E-state index in [4.69, 9.17) is 0 Å². The van der Waals surface area contributed by atoms with Crippen LogP contribution in [0.1, 0.15) is 50.2 Å². The molecule has 2 aliphatic carbocycles. The van der Waals surface area contributed by atoms with Gasteiger partial charge in [0, 0.05) is 17.4 Å². The second-order valence-electron chi connectivity index (χ2n) is 6.78. The highest BCUT2D eigenvalue weighted by Gasteiger charge is 2.46. The number of fused-ring (bicyclic) bond motifs is 5. The number of aromatic amines is 1. The van der Waals surface area contributed by atoms with Crippen molar-refractivity contribution in [3.05, 3.63) is 41.5 Å². The molecule has 0 aliphatic heterocycles. The molecule has 2 aromatic rings. The molecule has 0 radical (unpaired) electrons. The van der Waals surface area contributed by atoms with Crippen LogP contribution in [0.4, 0.5) is 0 Å². The van der Waals surface area contributed by atoms with E-state index in [1.807, 2.05) is 12.1 Å². The number of rotatable bonds is 4. The standard InChI is InChI=1S/C19H21N3O/c1-3-5-13-16(23)8-10-19(9-4-2)11-14-12(17(13)19)6-7-15-18(14)21-22-20-15/h3,6-7H,1,4-5,8-11H2,2H3,(H,20,21,22). The first kappa shape index (κ1) is 14.4. The van der Waals surface area contributed by atoms with Crippen molar-refractivity contribution in [2.75, 3.05) is 0 Å². The monoisotopic (exact) mass is 307 g/mol. The van der Waals surface area contributed by atoms with E-state index >= 15 is 0 Å². The topological polar surface area (TPSA) is 58.6 Å². The Morgan fingerprint density at radius 2 is 2.30 bits per heavy atom. The molecule has 2 aliphatic rings. The van der Waals surface area contributed by atoms with Crippen LogP contribution in [0, 0.1) is 5.41 Å². The second-order valence-corrected chi connectivity index (χ2v) is 6.78. The van der Waals surface area contributed by atoms with Crippen LogP contribution in [0.15, 0.2) is 30.4 Å². The third-order valence-corrected chi connectivity index (χ3v) is 5.46. The maximum absolute atomic E-state index is 12.6. The van der Waals surface area contributed by atoms with Crippen LogP contribution in [0.25, 0.3) is 16.6 Å². The number of aromatic nitrogens is 3. The first-order valence-corrected chi connectivity index (χ1v) is 8.41. The zero-order valence-corrected chi connectivity index (χ0v) is 13.5.